The number of halogens is 3. The maximum atomic E-state index is 12.8. The topological polar surface area (TPSA) is 124 Å². The van der Waals surface area contributed by atoms with Gasteiger partial charge in [0.05, 0.1) is 17.0 Å². The van der Waals surface area contributed by atoms with Gasteiger partial charge < -0.3 is 15.3 Å². The molecule has 1 aromatic carbocycles. The van der Waals surface area contributed by atoms with E-state index in [1.165, 1.54) is 6.92 Å². The molecule has 2 N–H and O–H groups in total. The SMILES string of the molecule is CC(=O)NCC(=O)N1CCN(S(=O)(=O)c2ccc(C(F)(F)F)cc2)[C@@H](C(=O)O)C1. The number of sulfonamides is 1. The molecule has 29 heavy (non-hydrogen) atoms. The quantitative estimate of drug-likeness (QED) is 0.675. The number of carboxylic acid groups (broad SMARTS) is 1. The van der Waals surface area contributed by atoms with Gasteiger partial charge in [-0.3, -0.25) is 14.4 Å². The van der Waals surface area contributed by atoms with Crippen molar-refractivity contribution in [2.24, 2.45) is 0 Å². The Morgan fingerprint density at radius 3 is 2.24 bits per heavy atom. The molecule has 1 saturated heterocycles. The van der Waals surface area contributed by atoms with Gasteiger partial charge >= 0.3 is 12.1 Å². The van der Waals surface area contributed by atoms with Crippen LogP contribution in [0.4, 0.5) is 13.2 Å². The van der Waals surface area contributed by atoms with E-state index in [4.69, 9.17) is 0 Å². The van der Waals surface area contributed by atoms with Gasteiger partial charge in [-0.05, 0) is 24.3 Å². The van der Waals surface area contributed by atoms with Gasteiger partial charge in [-0.1, -0.05) is 0 Å². The van der Waals surface area contributed by atoms with E-state index in [9.17, 15) is 41.1 Å². The summed E-state index contributed by atoms with van der Waals surface area (Å²) >= 11 is 0. The fraction of sp³-hybridized carbons (Fsp3) is 0.438. The first kappa shape index (κ1) is 22.6. The highest BCUT2D eigenvalue weighted by Gasteiger charge is 2.41. The fourth-order valence-electron chi connectivity index (χ4n) is 2.74. The molecule has 0 aliphatic carbocycles. The minimum atomic E-state index is -4.65. The third-order valence-corrected chi connectivity index (χ3v) is 6.17. The predicted octanol–water partition coefficient (Wildman–Crippen LogP) is 0.128. The van der Waals surface area contributed by atoms with Gasteiger partial charge in [0.1, 0.15) is 6.04 Å². The van der Waals surface area contributed by atoms with E-state index in [1.807, 2.05) is 0 Å². The van der Waals surface area contributed by atoms with E-state index in [0.717, 1.165) is 17.0 Å². The third-order valence-electron chi connectivity index (χ3n) is 4.25. The normalized spacial score (nSPS) is 18.3. The van der Waals surface area contributed by atoms with Crippen LogP contribution in [0, 0.1) is 0 Å². The van der Waals surface area contributed by atoms with Crippen LogP contribution in [0.1, 0.15) is 12.5 Å². The summed E-state index contributed by atoms with van der Waals surface area (Å²) in [6.45, 7) is -0.142. The highest BCUT2D eigenvalue weighted by atomic mass is 32.2. The second-order valence-electron chi connectivity index (χ2n) is 6.24. The molecule has 2 amide bonds. The first-order valence-corrected chi connectivity index (χ1v) is 9.72. The van der Waals surface area contributed by atoms with Crippen LogP contribution < -0.4 is 5.32 Å². The van der Waals surface area contributed by atoms with Gasteiger partial charge in [0.25, 0.3) is 0 Å². The fourth-order valence-corrected chi connectivity index (χ4v) is 4.31. The average Bonchev–Trinajstić information content (AvgIpc) is 2.64. The lowest BCUT2D eigenvalue weighted by Crippen LogP contribution is -2.60. The summed E-state index contributed by atoms with van der Waals surface area (Å²) < 4.78 is 64.2. The second kappa shape index (κ2) is 8.37. The van der Waals surface area contributed by atoms with Crippen LogP contribution in [0.3, 0.4) is 0 Å². The Labute approximate surface area is 164 Å². The summed E-state index contributed by atoms with van der Waals surface area (Å²) in [5, 5.41) is 11.7. The van der Waals surface area contributed by atoms with Crippen LogP contribution >= 0.6 is 0 Å². The molecule has 0 bridgehead atoms. The Kier molecular flexibility index (Phi) is 6.53. The number of piperazine rings is 1. The maximum absolute atomic E-state index is 12.8. The molecule has 0 radical (unpaired) electrons. The summed E-state index contributed by atoms with van der Waals surface area (Å²) in [5.74, 6) is -2.56. The minimum Gasteiger partial charge on any atom is -0.480 e. The molecule has 0 unspecified atom stereocenters. The van der Waals surface area contributed by atoms with Crippen molar-refractivity contribution in [3.8, 4) is 0 Å². The number of carboxylic acids is 1. The number of carbonyl (C=O) groups is 3. The molecular weight excluding hydrogens is 419 g/mol. The molecule has 0 spiro atoms. The molecule has 2 rings (SSSR count). The molecule has 1 fully saturated rings. The van der Waals surface area contributed by atoms with Crippen LogP contribution in [0.2, 0.25) is 0 Å². The zero-order chi connectivity index (χ0) is 22.0. The van der Waals surface area contributed by atoms with Gasteiger partial charge in [0, 0.05) is 26.6 Å². The number of nitrogens with zero attached hydrogens (tertiary/aromatic N) is 2. The van der Waals surface area contributed by atoms with E-state index in [2.05, 4.69) is 5.32 Å². The molecule has 1 heterocycles. The lowest BCUT2D eigenvalue weighted by molar-refractivity contribution is -0.146. The molecular formula is C16H18F3N3O6S. The highest BCUT2D eigenvalue weighted by Crippen LogP contribution is 2.30. The van der Waals surface area contributed by atoms with Gasteiger partial charge in [0.2, 0.25) is 21.8 Å². The number of hydrogen-bond acceptors (Lipinski definition) is 5. The molecule has 1 aliphatic heterocycles. The number of benzene rings is 1. The van der Waals surface area contributed by atoms with Crippen molar-refractivity contribution >= 4 is 27.8 Å². The highest BCUT2D eigenvalue weighted by molar-refractivity contribution is 7.89. The lowest BCUT2D eigenvalue weighted by Gasteiger charge is -2.38. The van der Waals surface area contributed by atoms with E-state index in [0.29, 0.717) is 16.4 Å². The van der Waals surface area contributed by atoms with Crippen LogP contribution in [0.15, 0.2) is 29.2 Å². The van der Waals surface area contributed by atoms with Crippen LogP contribution in [0.25, 0.3) is 0 Å². The molecule has 9 nitrogen and oxygen atoms in total. The molecule has 1 aliphatic rings. The molecule has 160 valence electrons. The zero-order valence-electron chi connectivity index (χ0n) is 15.1. The monoisotopic (exact) mass is 437 g/mol. The summed E-state index contributed by atoms with van der Waals surface area (Å²) in [5.41, 5.74) is -1.04. The number of amides is 2. The minimum absolute atomic E-state index is 0.137. The number of carbonyl (C=O) groups excluding carboxylic acids is 2. The Bertz CT molecular complexity index is 901. The third kappa shape index (κ3) is 5.23. The number of hydrogen-bond donors (Lipinski definition) is 2. The summed E-state index contributed by atoms with van der Waals surface area (Å²) in [4.78, 5) is 35.2. The van der Waals surface area contributed by atoms with Crippen LogP contribution in [-0.4, -0.2) is 72.7 Å². The number of alkyl halides is 3. The van der Waals surface area contributed by atoms with Crippen molar-refractivity contribution in [1.82, 2.24) is 14.5 Å². The lowest BCUT2D eigenvalue weighted by atomic mass is 10.2. The summed E-state index contributed by atoms with van der Waals surface area (Å²) in [6.07, 6.45) is -4.65. The number of aliphatic carboxylic acids is 1. The molecule has 1 atom stereocenters. The van der Waals surface area contributed by atoms with E-state index < -0.39 is 57.0 Å². The first-order valence-electron chi connectivity index (χ1n) is 8.28. The summed E-state index contributed by atoms with van der Waals surface area (Å²) in [6, 6.07) is 1.07. The van der Waals surface area contributed by atoms with Crippen LogP contribution in [-0.2, 0) is 30.6 Å². The van der Waals surface area contributed by atoms with Gasteiger partial charge in [-0.25, -0.2) is 8.42 Å². The number of nitrogens with one attached hydrogen (secondary N) is 1. The largest absolute Gasteiger partial charge is 0.480 e. The maximum Gasteiger partial charge on any atom is 0.416 e. The zero-order valence-corrected chi connectivity index (χ0v) is 16.0. The van der Waals surface area contributed by atoms with Gasteiger partial charge in [-0.2, -0.15) is 17.5 Å². The molecule has 13 heteroatoms. The van der Waals surface area contributed by atoms with Crippen molar-refractivity contribution in [1.29, 1.82) is 0 Å². The Balaban J connectivity index is 2.23. The average molecular weight is 437 g/mol. The Morgan fingerprint density at radius 2 is 1.76 bits per heavy atom. The standard InChI is InChI=1S/C16H18F3N3O6S/c1-10(23)20-8-14(24)21-6-7-22(13(9-21)15(25)26)29(27,28)12-4-2-11(3-5-12)16(17,18)19/h2-5,13H,6-9H2,1H3,(H,20,23)(H,25,26)/t13-/m1/s1. The van der Waals surface area contributed by atoms with Gasteiger partial charge in [0.15, 0.2) is 0 Å². The van der Waals surface area contributed by atoms with E-state index in [1.54, 1.807) is 0 Å². The van der Waals surface area contributed by atoms with Crippen molar-refractivity contribution in [3.63, 3.8) is 0 Å². The Hall–Kier alpha value is -2.67. The van der Waals surface area contributed by atoms with Crippen molar-refractivity contribution < 1.29 is 41.1 Å². The second-order valence-corrected chi connectivity index (χ2v) is 8.13. The molecule has 1 aromatic rings. The predicted molar refractivity (Wildman–Crippen MR) is 92.0 cm³/mol. The molecule has 0 aromatic heterocycles. The van der Waals surface area contributed by atoms with Gasteiger partial charge in [-0.15, -0.1) is 0 Å². The van der Waals surface area contributed by atoms with Crippen LogP contribution in [0.5, 0.6) is 0 Å². The van der Waals surface area contributed by atoms with Crippen molar-refractivity contribution in [3.05, 3.63) is 29.8 Å². The Morgan fingerprint density at radius 1 is 1.17 bits per heavy atom. The molecule has 0 saturated carbocycles. The number of rotatable bonds is 5. The first-order chi connectivity index (χ1) is 13.3. The van der Waals surface area contributed by atoms with E-state index in [-0.39, 0.29) is 19.6 Å². The van der Waals surface area contributed by atoms with Crippen molar-refractivity contribution in [2.75, 3.05) is 26.2 Å². The van der Waals surface area contributed by atoms with Crippen molar-refractivity contribution in [2.45, 2.75) is 24.0 Å². The smallest absolute Gasteiger partial charge is 0.416 e. The van der Waals surface area contributed by atoms with E-state index >= 15 is 0 Å². The summed E-state index contributed by atoms with van der Waals surface area (Å²) in [7, 11) is -4.42.